The summed E-state index contributed by atoms with van der Waals surface area (Å²) in [5.74, 6) is -0.235. The molecule has 6 nitrogen and oxygen atoms in total. The lowest BCUT2D eigenvalue weighted by molar-refractivity contribution is -0.126. The van der Waals surface area contributed by atoms with Gasteiger partial charge in [-0.25, -0.2) is 8.42 Å². The lowest BCUT2D eigenvalue weighted by atomic mass is 9.97. The molecule has 1 fully saturated rings. The fourth-order valence-electron chi connectivity index (χ4n) is 2.57. The van der Waals surface area contributed by atoms with Gasteiger partial charge in [0.2, 0.25) is 15.9 Å². The van der Waals surface area contributed by atoms with Crippen LogP contribution >= 0.6 is 23.2 Å². The number of nitrogens with zero attached hydrogens (tertiary/aromatic N) is 1. The molecular weight excluding hydrogens is 375 g/mol. The molecule has 0 saturated carbocycles. The Bertz CT molecular complexity index is 689. The molecule has 1 heterocycles. The van der Waals surface area contributed by atoms with Crippen LogP contribution in [-0.4, -0.2) is 52.0 Å². The third-order valence-corrected chi connectivity index (χ3v) is 6.59. The molecule has 0 unspecified atom stereocenters. The van der Waals surface area contributed by atoms with Crippen molar-refractivity contribution in [3.63, 3.8) is 0 Å². The third kappa shape index (κ3) is 4.61. The van der Waals surface area contributed by atoms with Crippen molar-refractivity contribution >= 4 is 39.1 Å². The maximum atomic E-state index is 12.6. The number of carbonyl (C=O) groups is 1. The first-order chi connectivity index (χ1) is 11.4. The van der Waals surface area contributed by atoms with E-state index in [-0.39, 0.29) is 21.7 Å². The molecule has 9 heteroatoms. The number of sulfonamides is 1. The van der Waals surface area contributed by atoms with E-state index in [9.17, 15) is 13.2 Å². The number of rotatable bonds is 6. The van der Waals surface area contributed by atoms with Gasteiger partial charge in [-0.2, -0.15) is 4.31 Å². The molecule has 1 aromatic rings. The Labute approximate surface area is 152 Å². The normalized spacial score (nSPS) is 17.0. The highest BCUT2D eigenvalue weighted by molar-refractivity contribution is 7.89. The molecule has 134 valence electrons. The topological polar surface area (TPSA) is 75.7 Å². The summed E-state index contributed by atoms with van der Waals surface area (Å²) >= 11 is 11.7. The number of hydrogen-bond donors (Lipinski definition) is 1. The van der Waals surface area contributed by atoms with Crippen LogP contribution in [0.2, 0.25) is 10.0 Å². The smallest absolute Gasteiger partial charge is 0.243 e. The van der Waals surface area contributed by atoms with Gasteiger partial charge in [0.05, 0.1) is 21.5 Å². The summed E-state index contributed by atoms with van der Waals surface area (Å²) in [6.07, 6.45) is 0.971. The van der Waals surface area contributed by atoms with Crippen LogP contribution < -0.4 is 5.32 Å². The van der Waals surface area contributed by atoms with E-state index in [1.807, 2.05) is 0 Å². The van der Waals surface area contributed by atoms with Gasteiger partial charge >= 0.3 is 0 Å². The van der Waals surface area contributed by atoms with Gasteiger partial charge in [-0.1, -0.05) is 23.2 Å². The molecular formula is C15H20Cl2N2O4S. The van der Waals surface area contributed by atoms with E-state index in [1.54, 1.807) is 7.11 Å². The van der Waals surface area contributed by atoms with Crippen molar-refractivity contribution in [1.29, 1.82) is 0 Å². The average molecular weight is 395 g/mol. The Morgan fingerprint density at radius 1 is 1.29 bits per heavy atom. The fourth-order valence-corrected chi connectivity index (χ4v) is 4.42. The molecule has 0 aromatic heterocycles. The number of halogens is 2. The van der Waals surface area contributed by atoms with Gasteiger partial charge in [0.1, 0.15) is 0 Å². The number of hydrogen-bond acceptors (Lipinski definition) is 4. The quantitative estimate of drug-likeness (QED) is 0.749. The van der Waals surface area contributed by atoms with E-state index in [1.165, 1.54) is 22.5 Å². The number of piperidine rings is 1. The van der Waals surface area contributed by atoms with Gasteiger partial charge in [0.15, 0.2) is 0 Å². The van der Waals surface area contributed by atoms with Crippen LogP contribution in [0.1, 0.15) is 12.8 Å². The van der Waals surface area contributed by atoms with E-state index in [0.29, 0.717) is 44.1 Å². The van der Waals surface area contributed by atoms with Crippen LogP contribution in [0.4, 0.5) is 0 Å². The second-order valence-electron chi connectivity index (χ2n) is 5.54. The standard InChI is InChI=1S/C15H20Cl2N2O4S/c1-23-9-6-18-15(20)11-4-7-19(8-5-11)24(21,22)12-2-3-13(16)14(17)10-12/h2-3,10-11H,4-9H2,1H3,(H,18,20). The molecule has 1 aromatic carbocycles. The summed E-state index contributed by atoms with van der Waals surface area (Å²) in [5.41, 5.74) is 0. The third-order valence-electron chi connectivity index (χ3n) is 3.96. The SMILES string of the molecule is COCCNC(=O)C1CCN(S(=O)(=O)c2ccc(Cl)c(Cl)c2)CC1. The largest absolute Gasteiger partial charge is 0.383 e. The molecule has 0 bridgehead atoms. The molecule has 24 heavy (non-hydrogen) atoms. The summed E-state index contributed by atoms with van der Waals surface area (Å²) in [6, 6.07) is 4.25. The second-order valence-corrected chi connectivity index (χ2v) is 8.29. The molecule has 1 saturated heterocycles. The Morgan fingerprint density at radius 3 is 2.54 bits per heavy atom. The molecule has 1 aliphatic heterocycles. The molecule has 1 N–H and O–H groups in total. The van der Waals surface area contributed by atoms with Crippen LogP contribution in [0.15, 0.2) is 23.1 Å². The molecule has 1 aliphatic rings. The number of benzene rings is 1. The van der Waals surface area contributed by atoms with Crippen LogP contribution in [0.25, 0.3) is 0 Å². The van der Waals surface area contributed by atoms with Crippen LogP contribution in [0.5, 0.6) is 0 Å². The molecule has 0 atom stereocenters. The highest BCUT2D eigenvalue weighted by Crippen LogP contribution is 2.28. The Balaban J connectivity index is 1.98. The van der Waals surface area contributed by atoms with Crippen molar-refractivity contribution in [3.8, 4) is 0 Å². The molecule has 0 aliphatic carbocycles. The summed E-state index contributed by atoms with van der Waals surface area (Å²) < 4.78 is 31.6. The minimum atomic E-state index is -3.63. The molecule has 2 rings (SSSR count). The zero-order chi connectivity index (χ0) is 17.7. The summed E-state index contributed by atoms with van der Waals surface area (Å²) in [6.45, 7) is 1.50. The minimum Gasteiger partial charge on any atom is -0.383 e. The van der Waals surface area contributed by atoms with Crippen molar-refractivity contribution in [2.24, 2.45) is 5.92 Å². The van der Waals surface area contributed by atoms with E-state index in [2.05, 4.69) is 5.32 Å². The van der Waals surface area contributed by atoms with Gasteiger partial charge < -0.3 is 10.1 Å². The van der Waals surface area contributed by atoms with Gasteiger partial charge in [0.25, 0.3) is 0 Å². The summed E-state index contributed by atoms with van der Waals surface area (Å²) in [7, 11) is -2.06. The van der Waals surface area contributed by atoms with E-state index in [0.717, 1.165) is 0 Å². The first-order valence-corrected chi connectivity index (χ1v) is 9.77. The van der Waals surface area contributed by atoms with E-state index >= 15 is 0 Å². The monoisotopic (exact) mass is 394 g/mol. The van der Waals surface area contributed by atoms with Crippen molar-refractivity contribution in [2.45, 2.75) is 17.7 Å². The van der Waals surface area contributed by atoms with Gasteiger partial charge in [-0.15, -0.1) is 0 Å². The molecule has 1 amide bonds. The Hall–Kier alpha value is -0.860. The highest BCUT2D eigenvalue weighted by atomic mass is 35.5. The predicted octanol–water partition coefficient (Wildman–Crippen LogP) is 2.16. The van der Waals surface area contributed by atoms with E-state index in [4.69, 9.17) is 27.9 Å². The number of ether oxygens (including phenoxy) is 1. The highest BCUT2D eigenvalue weighted by Gasteiger charge is 2.32. The maximum Gasteiger partial charge on any atom is 0.243 e. The Morgan fingerprint density at radius 2 is 1.96 bits per heavy atom. The number of carbonyl (C=O) groups excluding carboxylic acids is 1. The number of nitrogens with one attached hydrogen (secondary N) is 1. The zero-order valence-corrected chi connectivity index (χ0v) is 15.6. The molecule has 0 radical (unpaired) electrons. The van der Waals surface area contributed by atoms with Crippen molar-refractivity contribution in [1.82, 2.24) is 9.62 Å². The molecule has 0 spiro atoms. The lowest BCUT2D eigenvalue weighted by Gasteiger charge is -2.30. The fraction of sp³-hybridized carbons (Fsp3) is 0.533. The van der Waals surface area contributed by atoms with Crippen LogP contribution in [-0.2, 0) is 19.6 Å². The average Bonchev–Trinajstić information content (AvgIpc) is 2.57. The van der Waals surface area contributed by atoms with Gasteiger partial charge in [-0.05, 0) is 31.0 Å². The van der Waals surface area contributed by atoms with Crippen LogP contribution in [0.3, 0.4) is 0 Å². The predicted molar refractivity (Wildman–Crippen MR) is 92.8 cm³/mol. The number of amides is 1. The van der Waals surface area contributed by atoms with Crippen molar-refractivity contribution < 1.29 is 17.9 Å². The van der Waals surface area contributed by atoms with Gasteiger partial charge in [-0.3, -0.25) is 4.79 Å². The van der Waals surface area contributed by atoms with Crippen molar-refractivity contribution in [3.05, 3.63) is 28.2 Å². The summed E-state index contributed by atoms with van der Waals surface area (Å²) in [5, 5.41) is 3.29. The number of methoxy groups -OCH3 is 1. The lowest BCUT2D eigenvalue weighted by Crippen LogP contribution is -2.43. The first-order valence-electron chi connectivity index (χ1n) is 7.58. The zero-order valence-electron chi connectivity index (χ0n) is 13.3. The van der Waals surface area contributed by atoms with Gasteiger partial charge in [0, 0.05) is 32.7 Å². The first kappa shape index (κ1) is 19.5. The van der Waals surface area contributed by atoms with E-state index < -0.39 is 10.0 Å². The maximum absolute atomic E-state index is 12.6. The second kappa shape index (κ2) is 8.49. The minimum absolute atomic E-state index is 0.0568. The Kier molecular flexibility index (Phi) is 6.88. The summed E-state index contributed by atoms with van der Waals surface area (Å²) in [4.78, 5) is 12.1. The van der Waals surface area contributed by atoms with Crippen molar-refractivity contribution in [2.75, 3.05) is 33.4 Å². The van der Waals surface area contributed by atoms with Crippen LogP contribution in [0, 0.1) is 5.92 Å².